The molecule has 1 saturated heterocycles. The van der Waals surface area contributed by atoms with Gasteiger partial charge in [-0.15, -0.1) is 22.0 Å². The van der Waals surface area contributed by atoms with Crippen LogP contribution in [0.4, 0.5) is 4.79 Å². The van der Waals surface area contributed by atoms with Gasteiger partial charge in [0.1, 0.15) is 28.2 Å². The van der Waals surface area contributed by atoms with Gasteiger partial charge < -0.3 is 20.7 Å². The SMILES string of the molecule is Cc1nnc(SCC2=C(C(=O)O)N3C(=O)C(NC(=O)C(NC(=O)n4c(=O)[nH]c5ccccc54)c4ccccc4)[C@@H]3SC2)s1. The molecule has 0 saturated carbocycles. The van der Waals surface area contributed by atoms with Crippen molar-refractivity contribution < 1.29 is 24.3 Å². The minimum atomic E-state index is -1.25. The van der Waals surface area contributed by atoms with E-state index < -0.39 is 47.0 Å². The van der Waals surface area contributed by atoms with Crippen LogP contribution in [0.25, 0.3) is 11.0 Å². The van der Waals surface area contributed by atoms with E-state index in [0.29, 0.717) is 38.0 Å². The zero-order valence-corrected chi connectivity index (χ0v) is 24.8. The van der Waals surface area contributed by atoms with Gasteiger partial charge in [-0.3, -0.25) is 14.5 Å². The first kappa shape index (κ1) is 28.7. The molecule has 2 unspecified atom stereocenters. The zero-order valence-electron chi connectivity index (χ0n) is 22.3. The van der Waals surface area contributed by atoms with Crippen LogP contribution in [0.5, 0.6) is 0 Å². The van der Waals surface area contributed by atoms with Crippen LogP contribution in [0.15, 0.2) is 75.0 Å². The molecule has 3 amide bonds. The van der Waals surface area contributed by atoms with E-state index in [2.05, 4.69) is 25.8 Å². The monoisotopic (exact) mass is 637 g/mol. The third-order valence-electron chi connectivity index (χ3n) is 6.88. The van der Waals surface area contributed by atoms with E-state index in [0.717, 1.165) is 9.57 Å². The van der Waals surface area contributed by atoms with E-state index >= 15 is 0 Å². The summed E-state index contributed by atoms with van der Waals surface area (Å²) in [6, 6.07) is 12.0. The molecule has 4 N–H and O–H groups in total. The molecule has 3 atom stereocenters. The van der Waals surface area contributed by atoms with Gasteiger partial charge in [0.05, 0.1) is 11.0 Å². The van der Waals surface area contributed by atoms with Crippen LogP contribution in [0.3, 0.4) is 0 Å². The molecule has 16 heteroatoms. The third kappa shape index (κ3) is 5.44. The maximum absolute atomic E-state index is 13.6. The van der Waals surface area contributed by atoms with Crippen molar-refractivity contribution >= 4 is 69.7 Å². The molecule has 0 bridgehead atoms. The van der Waals surface area contributed by atoms with Crippen molar-refractivity contribution in [2.24, 2.45) is 0 Å². The lowest BCUT2D eigenvalue weighted by atomic mass is 10.0. The average molecular weight is 638 g/mol. The average Bonchev–Trinajstić information content (AvgIpc) is 3.58. The van der Waals surface area contributed by atoms with E-state index in [1.54, 1.807) is 54.6 Å². The van der Waals surface area contributed by atoms with Gasteiger partial charge in [0.2, 0.25) is 5.91 Å². The normalized spacial score (nSPS) is 18.6. The molecule has 4 heterocycles. The first-order chi connectivity index (χ1) is 20.7. The Hall–Kier alpha value is -4.41. The maximum atomic E-state index is 13.6. The molecule has 220 valence electrons. The number of aromatic nitrogens is 4. The van der Waals surface area contributed by atoms with E-state index in [1.807, 2.05) is 6.92 Å². The number of β-lactam (4-membered cyclic amide) rings is 1. The van der Waals surface area contributed by atoms with Crippen LogP contribution < -0.4 is 16.3 Å². The number of aromatic amines is 1. The van der Waals surface area contributed by atoms with E-state index in [-0.39, 0.29) is 5.70 Å². The molecule has 2 aliphatic rings. The lowest BCUT2D eigenvalue weighted by molar-refractivity contribution is -0.151. The molecule has 2 aromatic carbocycles. The lowest BCUT2D eigenvalue weighted by Crippen LogP contribution is -2.71. The summed E-state index contributed by atoms with van der Waals surface area (Å²) in [5.41, 5.74) is 1.03. The molecule has 6 rings (SSSR count). The Bertz CT molecular complexity index is 1850. The van der Waals surface area contributed by atoms with Crippen molar-refractivity contribution in [2.45, 2.75) is 28.7 Å². The number of H-pyrrole nitrogens is 1. The van der Waals surface area contributed by atoms with Crippen LogP contribution in [0.1, 0.15) is 16.6 Å². The van der Waals surface area contributed by atoms with Crippen molar-refractivity contribution in [2.75, 3.05) is 11.5 Å². The number of nitrogens with one attached hydrogen (secondary N) is 3. The fourth-order valence-corrected chi connectivity index (χ4v) is 8.21. The van der Waals surface area contributed by atoms with E-state index in [9.17, 15) is 29.1 Å². The van der Waals surface area contributed by atoms with Crippen LogP contribution in [0, 0.1) is 6.92 Å². The minimum absolute atomic E-state index is 0.0976. The van der Waals surface area contributed by atoms with Crippen LogP contribution in [-0.2, 0) is 14.4 Å². The summed E-state index contributed by atoms with van der Waals surface area (Å²) in [6.07, 6.45) is 0. The summed E-state index contributed by atoms with van der Waals surface area (Å²) < 4.78 is 1.60. The Morgan fingerprint density at radius 2 is 1.86 bits per heavy atom. The molecule has 13 nitrogen and oxygen atoms in total. The highest BCUT2D eigenvalue weighted by molar-refractivity contribution is 8.01. The van der Waals surface area contributed by atoms with Crippen molar-refractivity contribution in [1.82, 2.24) is 35.3 Å². The number of aliphatic carboxylic acids is 1. The summed E-state index contributed by atoms with van der Waals surface area (Å²) in [5, 5.41) is 23.5. The number of carbonyl (C=O) groups is 4. The Morgan fingerprint density at radius 3 is 2.58 bits per heavy atom. The van der Waals surface area contributed by atoms with Gasteiger partial charge in [-0.1, -0.05) is 65.6 Å². The first-order valence-corrected chi connectivity index (χ1v) is 15.8. The van der Waals surface area contributed by atoms with Crippen molar-refractivity contribution in [3.63, 3.8) is 0 Å². The lowest BCUT2D eigenvalue weighted by Gasteiger charge is -2.49. The van der Waals surface area contributed by atoms with Crippen molar-refractivity contribution in [3.8, 4) is 0 Å². The highest BCUT2D eigenvalue weighted by Gasteiger charge is 2.54. The van der Waals surface area contributed by atoms with Crippen molar-refractivity contribution in [3.05, 3.63) is 86.9 Å². The smallest absolute Gasteiger partial charge is 0.352 e. The second kappa shape index (κ2) is 11.7. The summed E-state index contributed by atoms with van der Waals surface area (Å²) in [4.78, 5) is 68.8. The number of hydrogen-bond acceptors (Lipinski definition) is 10. The minimum Gasteiger partial charge on any atom is -0.477 e. The first-order valence-electron chi connectivity index (χ1n) is 12.9. The second-order valence-electron chi connectivity index (χ2n) is 9.60. The van der Waals surface area contributed by atoms with Gasteiger partial charge in [0.25, 0.3) is 5.91 Å². The number of hydrogen-bond donors (Lipinski definition) is 4. The summed E-state index contributed by atoms with van der Waals surface area (Å²) >= 11 is 4.10. The van der Waals surface area contributed by atoms with Crippen LogP contribution in [-0.4, -0.2) is 76.5 Å². The topological polar surface area (TPSA) is 179 Å². The number of carboxylic acid groups (broad SMARTS) is 1. The molecule has 4 aromatic rings. The van der Waals surface area contributed by atoms with Gasteiger partial charge in [0, 0.05) is 11.5 Å². The van der Waals surface area contributed by atoms with Crippen molar-refractivity contribution in [1.29, 1.82) is 0 Å². The Kier molecular flexibility index (Phi) is 7.81. The van der Waals surface area contributed by atoms with Gasteiger partial charge in [-0.2, -0.15) is 0 Å². The largest absolute Gasteiger partial charge is 0.477 e. The van der Waals surface area contributed by atoms with Crippen LogP contribution in [0.2, 0.25) is 0 Å². The predicted octanol–water partition coefficient (Wildman–Crippen LogP) is 2.32. The number of amides is 3. The number of imidazole rings is 1. The molecule has 0 spiro atoms. The highest BCUT2D eigenvalue weighted by atomic mass is 32.2. The van der Waals surface area contributed by atoms with E-state index in [4.69, 9.17) is 0 Å². The van der Waals surface area contributed by atoms with Crippen LogP contribution >= 0.6 is 34.9 Å². The highest BCUT2D eigenvalue weighted by Crippen LogP contribution is 2.42. The summed E-state index contributed by atoms with van der Waals surface area (Å²) in [7, 11) is 0. The molecular weight excluding hydrogens is 615 g/mol. The zero-order chi connectivity index (χ0) is 30.2. The molecule has 0 aliphatic carbocycles. The molecule has 1 fully saturated rings. The Balaban J connectivity index is 1.21. The van der Waals surface area contributed by atoms with E-state index in [1.165, 1.54) is 39.8 Å². The number of carbonyl (C=O) groups excluding carboxylic acids is 3. The number of aryl methyl sites for hydroxylation is 1. The maximum Gasteiger partial charge on any atom is 0.352 e. The standard InChI is InChI=1S/C27H23N7O6S3/c1-13-31-32-27(43-13)42-12-15-11-41-23-19(22(36)34(23)20(15)24(37)38)29-21(35)18(14-7-3-2-4-8-14)30-26(40)33-17-10-6-5-9-16(17)28-25(33)39/h2-10,18-19,23H,11-12H2,1H3,(H,28,39)(H,29,35)(H,30,40)(H,37,38)/t18?,19?,23-/m0/s1. The predicted molar refractivity (Wildman–Crippen MR) is 161 cm³/mol. The number of fused-ring (bicyclic) bond motifs is 2. The molecule has 0 radical (unpaired) electrons. The summed E-state index contributed by atoms with van der Waals surface area (Å²) in [6.45, 7) is 1.83. The number of thioether (sulfide) groups is 2. The summed E-state index contributed by atoms with van der Waals surface area (Å²) in [5.74, 6) is -1.81. The third-order valence-corrected chi connectivity index (χ3v) is 10.3. The second-order valence-corrected chi connectivity index (χ2v) is 13.1. The number of carboxylic acids is 1. The van der Waals surface area contributed by atoms with Gasteiger partial charge in [-0.05, 0) is 30.2 Å². The Labute approximate surface area is 255 Å². The molecule has 43 heavy (non-hydrogen) atoms. The molecule has 2 aliphatic heterocycles. The number of para-hydroxylation sites is 2. The number of benzene rings is 2. The van der Waals surface area contributed by atoms with Gasteiger partial charge in [0.15, 0.2) is 4.34 Å². The quantitative estimate of drug-likeness (QED) is 0.165. The number of rotatable bonds is 8. The van der Waals surface area contributed by atoms with Gasteiger partial charge >= 0.3 is 17.7 Å². The van der Waals surface area contributed by atoms with Gasteiger partial charge in [-0.25, -0.2) is 19.0 Å². The Morgan fingerprint density at radius 1 is 1.12 bits per heavy atom. The number of nitrogens with zero attached hydrogens (tertiary/aromatic N) is 4. The fraction of sp³-hybridized carbons (Fsp3) is 0.222. The fourth-order valence-electron chi connectivity index (χ4n) is 4.91. The molecule has 2 aromatic heterocycles. The molecular formula is C27H23N7O6S3.